The van der Waals surface area contributed by atoms with E-state index in [1.807, 2.05) is 38.1 Å². The number of methoxy groups -OCH3 is 2. The molecule has 0 fully saturated rings. The third-order valence-electron chi connectivity index (χ3n) is 5.23. The Morgan fingerprint density at radius 1 is 1.13 bits per heavy atom. The summed E-state index contributed by atoms with van der Waals surface area (Å²) < 4.78 is 30.3. The first kappa shape index (κ1) is 19.8. The van der Waals surface area contributed by atoms with Gasteiger partial charge in [-0.2, -0.15) is 0 Å². The van der Waals surface area contributed by atoms with Gasteiger partial charge in [0.05, 0.1) is 31.2 Å². The molecule has 156 valence electrons. The van der Waals surface area contributed by atoms with E-state index in [0.717, 1.165) is 11.3 Å². The van der Waals surface area contributed by atoms with E-state index in [9.17, 15) is 9.18 Å². The van der Waals surface area contributed by atoms with Crippen LogP contribution in [0.1, 0.15) is 25.0 Å². The monoisotopic (exact) mass is 410 g/mol. The first-order chi connectivity index (χ1) is 14.3. The average molecular weight is 410 g/mol. The fraction of sp³-hybridized carbons (Fsp3) is 0.261. The van der Waals surface area contributed by atoms with Crippen molar-refractivity contribution >= 4 is 17.2 Å². The van der Waals surface area contributed by atoms with Crippen LogP contribution in [0.3, 0.4) is 0 Å². The molecule has 0 unspecified atom stereocenters. The van der Waals surface area contributed by atoms with Crippen molar-refractivity contribution in [1.82, 2.24) is 5.32 Å². The van der Waals surface area contributed by atoms with Gasteiger partial charge in [-0.05, 0) is 44.2 Å². The number of carbonyl (C=O) groups excluding carboxylic acids is 1. The van der Waals surface area contributed by atoms with Gasteiger partial charge >= 0.3 is 0 Å². The number of hydrogen-bond donors (Lipinski definition) is 2. The second-order valence-corrected chi connectivity index (χ2v) is 7.58. The highest BCUT2D eigenvalue weighted by Crippen LogP contribution is 2.40. The third kappa shape index (κ3) is 3.47. The van der Waals surface area contributed by atoms with Gasteiger partial charge < -0.3 is 24.8 Å². The van der Waals surface area contributed by atoms with E-state index in [-0.39, 0.29) is 5.91 Å². The summed E-state index contributed by atoms with van der Waals surface area (Å²) in [6.45, 7) is 4.34. The Balaban J connectivity index is 1.63. The predicted molar refractivity (Wildman–Crippen MR) is 112 cm³/mol. The van der Waals surface area contributed by atoms with Crippen LogP contribution in [0, 0.1) is 5.82 Å². The van der Waals surface area contributed by atoms with Crippen molar-refractivity contribution in [3.05, 3.63) is 70.9 Å². The van der Waals surface area contributed by atoms with Gasteiger partial charge in [-0.1, -0.05) is 0 Å². The van der Waals surface area contributed by atoms with Crippen LogP contribution in [-0.4, -0.2) is 25.7 Å². The van der Waals surface area contributed by atoms with Gasteiger partial charge in [0.2, 0.25) is 0 Å². The largest absolute Gasteiger partial charge is 0.497 e. The Bertz CT molecular complexity index is 1090. The van der Waals surface area contributed by atoms with Crippen molar-refractivity contribution in [3.8, 4) is 11.5 Å². The number of anilines is 1. The SMILES string of the molecule is COc1ccc(CNC2=CC(=C3C(=O)Nc4cc(F)ccc43)OC2(C)C)c(OC)c1. The zero-order chi connectivity index (χ0) is 21.5. The lowest BCUT2D eigenvalue weighted by molar-refractivity contribution is -0.111. The molecule has 0 radical (unpaired) electrons. The number of allylic oxidation sites excluding steroid dienone is 1. The molecule has 30 heavy (non-hydrogen) atoms. The van der Waals surface area contributed by atoms with E-state index in [1.165, 1.54) is 12.1 Å². The second kappa shape index (κ2) is 7.40. The summed E-state index contributed by atoms with van der Waals surface area (Å²) in [5.74, 6) is 1.17. The van der Waals surface area contributed by atoms with Gasteiger partial charge in [-0.25, -0.2) is 4.39 Å². The molecule has 2 aromatic carbocycles. The highest BCUT2D eigenvalue weighted by atomic mass is 19.1. The minimum atomic E-state index is -0.662. The third-order valence-corrected chi connectivity index (χ3v) is 5.23. The number of carbonyl (C=O) groups is 1. The molecule has 7 heteroatoms. The standard InChI is InChI=1S/C23H23FN2O4/c1-23(2)20(25-12-13-5-7-15(28-3)10-18(13)29-4)11-19(30-23)21-16-8-6-14(24)9-17(16)26-22(21)27/h5-11,25H,12H2,1-4H3,(H,26,27). The van der Waals surface area contributed by atoms with Crippen LogP contribution >= 0.6 is 0 Å². The number of nitrogens with one attached hydrogen (secondary N) is 2. The highest BCUT2D eigenvalue weighted by molar-refractivity contribution is 6.32. The van der Waals surface area contributed by atoms with E-state index in [2.05, 4.69) is 10.6 Å². The highest BCUT2D eigenvalue weighted by Gasteiger charge is 2.37. The quantitative estimate of drug-likeness (QED) is 0.730. The molecule has 2 N–H and O–H groups in total. The fourth-order valence-electron chi connectivity index (χ4n) is 3.63. The van der Waals surface area contributed by atoms with E-state index in [4.69, 9.17) is 14.2 Å². The van der Waals surface area contributed by atoms with Crippen molar-refractivity contribution in [2.75, 3.05) is 19.5 Å². The van der Waals surface area contributed by atoms with Gasteiger partial charge in [0.15, 0.2) is 0 Å². The summed E-state index contributed by atoms with van der Waals surface area (Å²) in [4.78, 5) is 12.5. The van der Waals surface area contributed by atoms with Crippen LogP contribution in [0.4, 0.5) is 10.1 Å². The number of hydrogen-bond acceptors (Lipinski definition) is 5. The summed E-state index contributed by atoms with van der Waals surface area (Å²) >= 11 is 0. The molecule has 2 aliphatic rings. The van der Waals surface area contributed by atoms with Crippen molar-refractivity contribution in [2.45, 2.75) is 26.0 Å². The normalized spacial score (nSPS) is 19.0. The summed E-state index contributed by atoms with van der Waals surface area (Å²) in [5, 5.41) is 6.09. The van der Waals surface area contributed by atoms with Crippen LogP contribution in [0.5, 0.6) is 11.5 Å². The van der Waals surface area contributed by atoms with Crippen LogP contribution < -0.4 is 20.1 Å². The number of halogens is 1. The molecule has 4 rings (SSSR count). The summed E-state index contributed by atoms with van der Waals surface area (Å²) in [5.41, 5.74) is 2.59. The number of rotatable bonds is 5. The van der Waals surface area contributed by atoms with Crippen LogP contribution in [-0.2, 0) is 16.1 Å². The Kier molecular flexibility index (Phi) is 4.89. The topological polar surface area (TPSA) is 68.8 Å². The van der Waals surface area contributed by atoms with E-state index >= 15 is 0 Å². The number of benzene rings is 2. The van der Waals surface area contributed by atoms with Crippen LogP contribution in [0.25, 0.3) is 5.57 Å². The van der Waals surface area contributed by atoms with Crippen LogP contribution in [0.15, 0.2) is 53.9 Å². The molecule has 0 saturated carbocycles. The zero-order valence-electron chi connectivity index (χ0n) is 17.3. The molecule has 0 atom stereocenters. The minimum Gasteiger partial charge on any atom is -0.497 e. The van der Waals surface area contributed by atoms with E-state index in [0.29, 0.717) is 40.6 Å². The molecular formula is C23H23FN2O4. The molecule has 0 aliphatic carbocycles. The maximum absolute atomic E-state index is 13.5. The number of fused-ring (bicyclic) bond motifs is 1. The van der Waals surface area contributed by atoms with Gasteiger partial charge in [0.25, 0.3) is 5.91 Å². The average Bonchev–Trinajstić information content (AvgIpc) is 3.19. The van der Waals surface area contributed by atoms with Gasteiger partial charge in [-0.3, -0.25) is 4.79 Å². The molecule has 0 aromatic heterocycles. The van der Waals surface area contributed by atoms with Crippen molar-refractivity contribution in [3.63, 3.8) is 0 Å². The molecule has 2 heterocycles. The van der Waals surface area contributed by atoms with Crippen LogP contribution in [0.2, 0.25) is 0 Å². The fourth-order valence-corrected chi connectivity index (χ4v) is 3.63. The maximum atomic E-state index is 13.5. The molecular weight excluding hydrogens is 387 g/mol. The molecule has 0 bridgehead atoms. The van der Waals surface area contributed by atoms with E-state index < -0.39 is 11.4 Å². The van der Waals surface area contributed by atoms with Gasteiger partial charge in [-0.15, -0.1) is 0 Å². The molecule has 1 amide bonds. The molecule has 6 nitrogen and oxygen atoms in total. The van der Waals surface area contributed by atoms with E-state index in [1.54, 1.807) is 20.3 Å². The first-order valence-corrected chi connectivity index (χ1v) is 9.54. The Morgan fingerprint density at radius 3 is 2.67 bits per heavy atom. The number of ether oxygens (including phenoxy) is 3. The lowest BCUT2D eigenvalue weighted by atomic mass is 10.0. The first-order valence-electron chi connectivity index (χ1n) is 9.54. The Labute approximate surface area is 174 Å². The summed E-state index contributed by atoms with van der Waals surface area (Å²) in [6, 6.07) is 9.86. The minimum absolute atomic E-state index is 0.310. The Morgan fingerprint density at radius 2 is 1.93 bits per heavy atom. The van der Waals surface area contributed by atoms with Gasteiger partial charge in [0, 0.05) is 29.8 Å². The van der Waals surface area contributed by atoms with Crippen molar-refractivity contribution in [2.24, 2.45) is 0 Å². The van der Waals surface area contributed by atoms with Crippen molar-refractivity contribution < 1.29 is 23.4 Å². The lowest BCUT2D eigenvalue weighted by Crippen LogP contribution is -2.30. The molecule has 2 aromatic rings. The van der Waals surface area contributed by atoms with Gasteiger partial charge in [0.1, 0.15) is 28.7 Å². The summed E-state index contributed by atoms with van der Waals surface area (Å²) in [7, 11) is 3.22. The Hall–Kier alpha value is -3.48. The second-order valence-electron chi connectivity index (χ2n) is 7.58. The lowest BCUT2D eigenvalue weighted by Gasteiger charge is -2.24. The molecule has 2 aliphatic heterocycles. The smallest absolute Gasteiger partial charge is 0.260 e. The van der Waals surface area contributed by atoms with Crippen molar-refractivity contribution in [1.29, 1.82) is 0 Å². The molecule has 0 spiro atoms. The maximum Gasteiger partial charge on any atom is 0.260 e. The number of amides is 1. The summed E-state index contributed by atoms with van der Waals surface area (Å²) in [6.07, 6.45) is 1.82. The zero-order valence-corrected chi connectivity index (χ0v) is 17.3. The molecule has 0 saturated heterocycles. The predicted octanol–water partition coefficient (Wildman–Crippen LogP) is 3.99.